The number of piperidine rings is 1. The summed E-state index contributed by atoms with van der Waals surface area (Å²) < 4.78 is 14.8. The van der Waals surface area contributed by atoms with Crippen LogP contribution in [-0.4, -0.2) is 40.4 Å². The fourth-order valence-corrected chi connectivity index (χ4v) is 2.09. The summed E-state index contributed by atoms with van der Waals surface area (Å²) in [7, 11) is -4.28. The van der Waals surface area contributed by atoms with E-state index in [2.05, 4.69) is 16.3 Å². The van der Waals surface area contributed by atoms with Gasteiger partial charge in [-0.3, -0.25) is 9.42 Å². The summed E-state index contributed by atoms with van der Waals surface area (Å²) >= 11 is 0. The molecule has 2 N–H and O–H groups in total. The predicted octanol–water partition coefficient (Wildman–Crippen LogP) is 0.970. The monoisotopic (exact) mass is 223 g/mol. The minimum atomic E-state index is -4.28. The molecule has 1 atom stereocenters. The maximum atomic E-state index is 10.4. The highest BCUT2D eigenvalue weighted by Crippen LogP contribution is 2.35. The first-order chi connectivity index (χ1) is 6.49. The Bertz CT molecular complexity index is 217. The smallest absolute Gasteiger partial charge is 0.303 e. The molecule has 6 heteroatoms. The standard InChI is InChI=1S/C8H18NO4P/c1-8-4-2-3-5-9(8)6-7-13-14(10,11)12/h8H,2-7H2,1H3,(H2,10,11,12). The second-order valence-electron chi connectivity index (χ2n) is 3.70. The molecule has 5 nitrogen and oxygen atoms in total. The van der Waals surface area contributed by atoms with Gasteiger partial charge in [0.1, 0.15) is 0 Å². The summed E-state index contributed by atoms with van der Waals surface area (Å²) in [5.41, 5.74) is 0. The Morgan fingerprint density at radius 2 is 2.21 bits per heavy atom. The first kappa shape index (κ1) is 12.1. The molecule has 0 spiro atoms. The van der Waals surface area contributed by atoms with E-state index in [0.29, 0.717) is 12.6 Å². The highest BCUT2D eigenvalue weighted by molar-refractivity contribution is 7.46. The van der Waals surface area contributed by atoms with Gasteiger partial charge in [-0.05, 0) is 26.3 Å². The van der Waals surface area contributed by atoms with E-state index in [9.17, 15) is 4.57 Å². The Hall–Kier alpha value is 0.0700. The molecule has 0 radical (unpaired) electrons. The molecule has 84 valence electrons. The molecule has 0 amide bonds. The largest absolute Gasteiger partial charge is 0.469 e. The van der Waals surface area contributed by atoms with Gasteiger partial charge in [-0.15, -0.1) is 0 Å². The van der Waals surface area contributed by atoms with Crippen molar-refractivity contribution >= 4 is 7.82 Å². The van der Waals surface area contributed by atoms with E-state index in [1.807, 2.05) is 0 Å². The zero-order valence-electron chi connectivity index (χ0n) is 8.43. The van der Waals surface area contributed by atoms with Crippen molar-refractivity contribution in [1.29, 1.82) is 0 Å². The Labute approximate surface area is 84.3 Å². The van der Waals surface area contributed by atoms with Gasteiger partial charge in [0.25, 0.3) is 0 Å². The van der Waals surface area contributed by atoms with Gasteiger partial charge in [-0.2, -0.15) is 0 Å². The van der Waals surface area contributed by atoms with Crippen LogP contribution in [0.3, 0.4) is 0 Å². The Balaban J connectivity index is 2.20. The van der Waals surface area contributed by atoms with E-state index in [4.69, 9.17) is 9.79 Å². The van der Waals surface area contributed by atoms with Crippen LogP contribution in [0.1, 0.15) is 26.2 Å². The second-order valence-corrected chi connectivity index (χ2v) is 4.94. The van der Waals surface area contributed by atoms with Crippen LogP contribution in [-0.2, 0) is 9.09 Å². The molecular weight excluding hydrogens is 205 g/mol. The molecule has 1 aliphatic rings. The number of phosphoric ester groups is 1. The molecule has 1 aliphatic heterocycles. The normalized spacial score (nSPS) is 25.2. The van der Waals surface area contributed by atoms with E-state index in [-0.39, 0.29) is 6.61 Å². The average Bonchev–Trinajstić information content (AvgIpc) is 2.06. The van der Waals surface area contributed by atoms with Gasteiger partial charge in [0.15, 0.2) is 0 Å². The molecule has 1 heterocycles. The van der Waals surface area contributed by atoms with Crippen molar-refractivity contribution in [2.24, 2.45) is 0 Å². The van der Waals surface area contributed by atoms with Crippen LogP contribution in [0.5, 0.6) is 0 Å². The number of nitrogens with zero attached hydrogens (tertiary/aromatic N) is 1. The van der Waals surface area contributed by atoms with Crippen LogP contribution < -0.4 is 0 Å². The molecule has 1 fully saturated rings. The van der Waals surface area contributed by atoms with Crippen molar-refractivity contribution in [2.75, 3.05) is 19.7 Å². The first-order valence-corrected chi connectivity index (χ1v) is 6.46. The molecule has 0 aromatic rings. The lowest BCUT2D eigenvalue weighted by Gasteiger charge is -2.33. The maximum absolute atomic E-state index is 10.4. The van der Waals surface area contributed by atoms with E-state index >= 15 is 0 Å². The van der Waals surface area contributed by atoms with Gasteiger partial charge in [-0.25, -0.2) is 4.57 Å². The molecular formula is C8H18NO4P. The van der Waals surface area contributed by atoms with Gasteiger partial charge in [-0.1, -0.05) is 6.42 Å². The molecule has 1 rings (SSSR count). The topological polar surface area (TPSA) is 70.0 Å². The van der Waals surface area contributed by atoms with Crippen molar-refractivity contribution < 1.29 is 18.9 Å². The zero-order valence-corrected chi connectivity index (χ0v) is 9.32. The van der Waals surface area contributed by atoms with E-state index in [0.717, 1.165) is 13.0 Å². The summed E-state index contributed by atoms with van der Waals surface area (Å²) in [6.45, 7) is 3.85. The van der Waals surface area contributed by atoms with Gasteiger partial charge in [0, 0.05) is 12.6 Å². The van der Waals surface area contributed by atoms with Crippen LogP contribution >= 0.6 is 7.82 Å². The maximum Gasteiger partial charge on any atom is 0.469 e. The minimum Gasteiger partial charge on any atom is -0.303 e. The fourth-order valence-electron chi connectivity index (χ4n) is 1.77. The molecule has 0 aromatic carbocycles. The Kier molecular flexibility index (Phi) is 4.54. The zero-order chi connectivity index (χ0) is 10.6. The van der Waals surface area contributed by atoms with Crippen molar-refractivity contribution in [1.82, 2.24) is 4.90 Å². The molecule has 1 saturated heterocycles. The summed E-state index contributed by atoms with van der Waals surface area (Å²) in [6, 6.07) is 0.504. The third-order valence-electron chi connectivity index (χ3n) is 2.58. The quantitative estimate of drug-likeness (QED) is 0.695. The van der Waals surface area contributed by atoms with E-state index in [1.54, 1.807) is 0 Å². The lowest BCUT2D eigenvalue weighted by atomic mass is 10.0. The minimum absolute atomic E-state index is 0.106. The number of hydrogen-bond acceptors (Lipinski definition) is 3. The van der Waals surface area contributed by atoms with E-state index in [1.165, 1.54) is 12.8 Å². The van der Waals surface area contributed by atoms with Crippen molar-refractivity contribution in [3.63, 3.8) is 0 Å². The third kappa shape index (κ3) is 4.53. The summed E-state index contributed by atoms with van der Waals surface area (Å²) in [6.07, 6.45) is 3.58. The van der Waals surface area contributed by atoms with Gasteiger partial charge >= 0.3 is 7.82 Å². The van der Waals surface area contributed by atoms with Crippen molar-refractivity contribution in [3.05, 3.63) is 0 Å². The van der Waals surface area contributed by atoms with Crippen molar-refractivity contribution in [3.8, 4) is 0 Å². The number of hydrogen-bond donors (Lipinski definition) is 2. The predicted molar refractivity (Wildman–Crippen MR) is 52.9 cm³/mol. The lowest BCUT2D eigenvalue weighted by molar-refractivity contribution is 0.116. The van der Waals surface area contributed by atoms with Crippen LogP contribution in [0, 0.1) is 0 Å². The highest BCUT2D eigenvalue weighted by atomic mass is 31.2. The third-order valence-corrected chi connectivity index (χ3v) is 3.10. The van der Waals surface area contributed by atoms with Gasteiger partial charge < -0.3 is 9.79 Å². The first-order valence-electron chi connectivity index (χ1n) is 4.93. The van der Waals surface area contributed by atoms with Crippen LogP contribution in [0.4, 0.5) is 0 Å². The van der Waals surface area contributed by atoms with Gasteiger partial charge in [0.2, 0.25) is 0 Å². The fraction of sp³-hybridized carbons (Fsp3) is 1.00. The summed E-state index contributed by atoms with van der Waals surface area (Å²) in [5.74, 6) is 0. The second kappa shape index (κ2) is 5.24. The lowest BCUT2D eigenvalue weighted by Crippen LogP contribution is -2.39. The molecule has 0 aromatic heterocycles. The SMILES string of the molecule is CC1CCCCN1CCOP(=O)(O)O. The summed E-state index contributed by atoms with van der Waals surface area (Å²) in [4.78, 5) is 19.2. The van der Waals surface area contributed by atoms with Crippen LogP contribution in [0.2, 0.25) is 0 Å². The average molecular weight is 223 g/mol. The Morgan fingerprint density at radius 1 is 1.50 bits per heavy atom. The number of likely N-dealkylation sites (tertiary alicyclic amines) is 1. The number of rotatable bonds is 4. The van der Waals surface area contributed by atoms with E-state index < -0.39 is 7.82 Å². The number of phosphoric acid groups is 1. The van der Waals surface area contributed by atoms with Crippen LogP contribution in [0.15, 0.2) is 0 Å². The van der Waals surface area contributed by atoms with Crippen molar-refractivity contribution in [2.45, 2.75) is 32.2 Å². The summed E-state index contributed by atoms with van der Waals surface area (Å²) in [5, 5.41) is 0. The highest BCUT2D eigenvalue weighted by Gasteiger charge is 2.19. The van der Waals surface area contributed by atoms with Gasteiger partial charge in [0.05, 0.1) is 6.61 Å². The molecule has 0 bridgehead atoms. The molecule has 14 heavy (non-hydrogen) atoms. The molecule has 0 aliphatic carbocycles. The molecule has 1 unspecified atom stereocenters. The molecule has 0 saturated carbocycles. The Morgan fingerprint density at radius 3 is 2.79 bits per heavy atom. The van der Waals surface area contributed by atoms with Crippen LogP contribution in [0.25, 0.3) is 0 Å².